The Morgan fingerprint density at radius 1 is 1.25 bits per heavy atom. The lowest BCUT2D eigenvalue weighted by Gasteiger charge is -2.29. The van der Waals surface area contributed by atoms with Gasteiger partial charge in [0.15, 0.2) is 5.78 Å². The third-order valence-electron chi connectivity index (χ3n) is 4.50. The zero-order valence-electron chi connectivity index (χ0n) is 11.8. The van der Waals surface area contributed by atoms with E-state index >= 15 is 0 Å². The zero-order valence-corrected chi connectivity index (χ0v) is 11.8. The minimum absolute atomic E-state index is 0.0127. The molecule has 6 heteroatoms. The number of hydrogen-bond acceptors (Lipinski definition) is 4. The first-order chi connectivity index (χ1) is 9.47. The van der Waals surface area contributed by atoms with Crippen LogP contribution in [0, 0.1) is 0 Å². The number of Topliss-reactive ketones (excluding diaryl/α,β-unsaturated/α-hetero) is 1. The van der Waals surface area contributed by atoms with Crippen LogP contribution in [0.4, 0.5) is 0 Å². The standard InChI is InChI=1S/C14H19N3O3/c1-8-11(5-13(19)15-8)16-4-3-10(7-16)17-9(2)12(18)6-14(17)20/h5,8-10H,3-4,6-7H2,1-2H3,(H,15,19)/t8-,9-,10-/m0/s1. The first-order valence-electron chi connectivity index (χ1n) is 7.08. The quantitative estimate of drug-likeness (QED) is 0.701. The molecule has 108 valence electrons. The molecule has 0 aromatic carbocycles. The number of nitrogens with zero attached hydrogens (tertiary/aromatic N) is 2. The Labute approximate surface area is 117 Å². The van der Waals surface area contributed by atoms with Crippen molar-refractivity contribution in [1.82, 2.24) is 15.1 Å². The predicted octanol–water partition coefficient (Wildman–Crippen LogP) is -0.347. The average molecular weight is 277 g/mol. The molecule has 2 saturated heterocycles. The number of nitrogens with one attached hydrogen (secondary N) is 1. The molecule has 0 unspecified atom stereocenters. The van der Waals surface area contributed by atoms with E-state index in [0.29, 0.717) is 6.54 Å². The molecule has 3 aliphatic rings. The van der Waals surface area contributed by atoms with Crippen LogP contribution in [0.15, 0.2) is 11.8 Å². The van der Waals surface area contributed by atoms with E-state index in [-0.39, 0.29) is 42.1 Å². The highest BCUT2D eigenvalue weighted by Crippen LogP contribution is 2.28. The molecule has 0 spiro atoms. The van der Waals surface area contributed by atoms with Crippen molar-refractivity contribution < 1.29 is 14.4 Å². The molecule has 0 saturated carbocycles. The van der Waals surface area contributed by atoms with Gasteiger partial charge in [-0.2, -0.15) is 0 Å². The van der Waals surface area contributed by atoms with E-state index in [2.05, 4.69) is 10.2 Å². The summed E-state index contributed by atoms with van der Waals surface area (Å²) in [6.07, 6.45) is 2.52. The molecular weight excluding hydrogens is 258 g/mol. The number of carbonyl (C=O) groups excluding carboxylic acids is 3. The van der Waals surface area contributed by atoms with Crippen molar-refractivity contribution in [1.29, 1.82) is 0 Å². The summed E-state index contributed by atoms with van der Waals surface area (Å²) in [5, 5.41) is 2.84. The number of hydrogen-bond donors (Lipinski definition) is 1. The van der Waals surface area contributed by atoms with Crippen molar-refractivity contribution in [2.24, 2.45) is 0 Å². The minimum atomic E-state index is -0.304. The van der Waals surface area contributed by atoms with Crippen molar-refractivity contribution in [2.45, 2.75) is 44.8 Å². The third kappa shape index (κ3) is 1.99. The van der Waals surface area contributed by atoms with E-state index < -0.39 is 0 Å². The molecule has 0 bridgehead atoms. The predicted molar refractivity (Wildman–Crippen MR) is 71.6 cm³/mol. The Kier molecular flexibility index (Phi) is 3.03. The molecule has 20 heavy (non-hydrogen) atoms. The van der Waals surface area contributed by atoms with Gasteiger partial charge in [-0.05, 0) is 20.3 Å². The van der Waals surface area contributed by atoms with Crippen LogP contribution in [0.5, 0.6) is 0 Å². The van der Waals surface area contributed by atoms with Crippen molar-refractivity contribution in [3.63, 3.8) is 0 Å². The smallest absolute Gasteiger partial charge is 0.246 e. The van der Waals surface area contributed by atoms with E-state index in [0.717, 1.165) is 18.7 Å². The molecule has 1 N–H and O–H groups in total. The molecule has 6 nitrogen and oxygen atoms in total. The van der Waals surface area contributed by atoms with Crippen LogP contribution in [0.1, 0.15) is 26.7 Å². The normalized spacial score (nSPS) is 34.0. The van der Waals surface area contributed by atoms with Crippen molar-refractivity contribution in [2.75, 3.05) is 13.1 Å². The lowest BCUT2D eigenvalue weighted by Crippen LogP contribution is -2.43. The summed E-state index contributed by atoms with van der Waals surface area (Å²) in [6.45, 7) is 5.28. The second-order valence-corrected chi connectivity index (χ2v) is 5.81. The highest BCUT2D eigenvalue weighted by molar-refractivity contribution is 6.07. The van der Waals surface area contributed by atoms with Crippen LogP contribution in [0.25, 0.3) is 0 Å². The summed E-state index contributed by atoms with van der Waals surface area (Å²) in [6, 6.07) is -0.204. The SMILES string of the molecule is C[C@@H]1NC(=O)C=C1N1CC[C@H](N2C(=O)CC(=O)[C@@H]2C)C1. The Balaban J connectivity index is 1.71. The summed E-state index contributed by atoms with van der Waals surface area (Å²) >= 11 is 0. The maximum absolute atomic E-state index is 11.9. The fraction of sp³-hybridized carbons (Fsp3) is 0.643. The Morgan fingerprint density at radius 3 is 2.55 bits per heavy atom. The monoisotopic (exact) mass is 277 g/mol. The summed E-state index contributed by atoms with van der Waals surface area (Å²) < 4.78 is 0. The molecule has 0 aliphatic carbocycles. The van der Waals surface area contributed by atoms with Crippen LogP contribution < -0.4 is 5.32 Å². The van der Waals surface area contributed by atoms with Gasteiger partial charge in [-0.1, -0.05) is 0 Å². The third-order valence-corrected chi connectivity index (χ3v) is 4.50. The second-order valence-electron chi connectivity index (χ2n) is 5.81. The average Bonchev–Trinajstić information content (AvgIpc) is 3.01. The van der Waals surface area contributed by atoms with Gasteiger partial charge >= 0.3 is 0 Å². The van der Waals surface area contributed by atoms with Gasteiger partial charge in [0.25, 0.3) is 0 Å². The molecule has 0 aromatic heterocycles. The number of rotatable bonds is 2. The Bertz CT molecular complexity index is 514. The minimum Gasteiger partial charge on any atom is -0.371 e. The second kappa shape index (κ2) is 4.61. The van der Waals surface area contributed by atoms with E-state index in [1.165, 1.54) is 0 Å². The molecule has 0 aromatic rings. The van der Waals surface area contributed by atoms with Gasteiger partial charge in [0.2, 0.25) is 11.8 Å². The highest BCUT2D eigenvalue weighted by Gasteiger charge is 2.42. The zero-order chi connectivity index (χ0) is 14.4. The molecule has 3 rings (SSSR count). The van der Waals surface area contributed by atoms with Crippen LogP contribution in [0.3, 0.4) is 0 Å². The van der Waals surface area contributed by atoms with Gasteiger partial charge in [0.1, 0.15) is 0 Å². The van der Waals surface area contributed by atoms with E-state index in [4.69, 9.17) is 0 Å². The molecule has 2 fully saturated rings. The van der Waals surface area contributed by atoms with Gasteiger partial charge in [-0.25, -0.2) is 0 Å². The lowest BCUT2D eigenvalue weighted by atomic mass is 10.2. The van der Waals surface area contributed by atoms with Crippen molar-refractivity contribution >= 4 is 17.6 Å². The van der Waals surface area contributed by atoms with E-state index in [1.54, 1.807) is 17.9 Å². The van der Waals surface area contributed by atoms with E-state index in [9.17, 15) is 14.4 Å². The van der Waals surface area contributed by atoms with Crippen LogP contribution in [-0.4, -0.2) is 58.6 Å². The summed E-state index contributed by atoms with van der Waals surface area (Å²) in [5.41, 5.74) is 0.989. The first-order valence-corrected chi connectivity index (χ1v) is 7.08. The largest absolute Gasteiger partial charge is 0.371 e. The maximum atomic E-state index is 11.9. The van der Waals surface area contributed by atoms with Gasteiger partial charge < -0.3 is 15.1 Å². The van der Waals surface area contributed by atoms with Crippen LogP contribution in [-0.2, 0) is 14.4 Å². The fourth-order valence-corrected chi connectivity index (χ4v) is 3.44. The number of amides is 2. The molecule has 3 heterocycles. The van der Waals surface area contributed by atoms with E-state index in [1.807, 2.05) is 6.92 Å². The van der Waals surface area contributed by atoms with Gasteiger partial charge in [-0.15, -0.1) is 0 Å². The molecule has 3 aliphatic heterocycles. The lowest BCUT2D eigenvalue weighted by molar-refractivity contribution is -0.130. The molecule has 3 atom stereocenters. The molecular formula is C14H19N3O3. The number of ketones is 1. The Morgan fingerprint density at radius 2 is 2.00 bits per heavy atom. The Hall–Kier alpha value is -1.85. The summed E-state index contributed by atoms with van der Waals surface area (Å²) in [7, 11) is 0. The summed E-state index contributed by atoms with van der Waals surface area (Å²) in [5.74, 6) is -0.104. The maximum Gasteiger partial charge on any atom is 0.246 e. The number of carbonyl (C=O) groups is 3. The number of likely N-dealkylation sites (tertiary alicyclic amines) is 2. The molecule has 0 radical (unpaired) electrons. The first kappa shape index (κ1) is 13.1. The highest BCUT2D eigenvalue weighted by atomic mass is 16.2. The van der Waals surface area contributed by atoms with Crippen molar-refractivity contribution in [3.8, 4) is 0 Å². The topological polar surface area (TPSA) is 69.7 Å². The van der Waals surface area contributed by atoms with Gasteiger partial charge in [-0.3, -0.25) is 14.4 Å². The van der Waals surface area contributed by atoms with Crippen LogP contribution in [0.2, 0.25) is 0 Å². The molecule has 2 amide bonds. The van der Waals surface area contributed by atoms with Gasteiger partial charge in [0.05, 0.1) is 24.5 Å². The van der Waals surface area contributed by atoms with Gasteiger partial charge in [0, 0.05) is 24.9 Å². The fourth-order valence-electron chi connectivity index (χ4n) is 3.44. The van der Waals surface area contributed by atoms with Crippen molar-refractivity contribution in [3.05, 3.63) is 11.8 Å². The van der Waals surface area contributed by atoms with Crippen LogP contribution >= 0.6 is 0 Å². The summed E-state index contributed by atoms with van der Waals surface area (Å²) in [4.78, 5) is 38.8.